The monoisotopic (exact) mass is 490 g/mol. The second-order valence-electron chi connectivity index (χ2n) is 9.79. The first-order chi connectivity index (χ1) is 16.9. The molecule has 0 aliphatic heterocycles. The summed E-state index contributed by atoms with van der Waals surface area (Å²) in [4.78, 5) is 0. The molecule has 0 atom stereocenters. The van der Waals surface area contributed by atoms with Crippen LogP contribution in [0.25, 0.3) is 0 Å². The van der Waals surface area contributed by atoms with Crippen LogP contribution in [0.15, 0.2) is 36.9 Å². The highest BCUT2D eigenvalue weighted by atomic mass is 19.2. The fourth-order valence-corrected chi connectivity index (χ4v) is 5.57. The zero-order chi connectivity index (χ0) is 24.9. The Hall–Kier alpha value is -2.34. The van der Waals surface area contributed by atoms with E-state index in [9.17, 15) is 8.78 Å². The van der Waals surface area contributed by atoms with Gasteiger partial charge in [-0.3, -0.25) is 0 Å². The van der Waals surface area contributed by atoms with Crippen LogP contribution >= 0.6 is 0 Å². The van der Waals surface area contributed by atoms with Gasteiger partial charge < -0.3 is 9.47 Å². The first kappa shape index (κ1) is 25.7. The van der Waals surface area contributed by atoms with Crippen molar-refractivity contribution in [2.45, 2.75) is 82.8 Å². The lowest BCUT2D eigenvalue weighted by atomic mass is 9.77. The first-order valence-corrected chi connectivity index (χ1v) is 12.7. The highest BCUT2D eigenvalue weighted by Gasteiger charge is 2.29. The molecular formula is C29H34F4O2. The van der Waals surface area contributed by atoms with Crippen LogP contribution in [0.4, 0.5) is 17.6 Å². The van der Waals surface area contributed by atoms with Crippen molar-refractivity contribution in [1.82, 2.24) is 0 Å². The molecule has 0 amide bonds. The van der Waals surface area contributed by atoms with Crippen LogP contribution in [0.1, 0.15) is 86.8 Å². The Morgan fingerprint density at radius 1 is 0.771 bits per heavy atom. The van der Waals surface area contributed by atoms with Crippen molar-refractivity contribution in [3.63, 3.8) is 0 Å². The maximum absolute atomic E-state index is 15.1. The van der Waals surface area contributed by atoms with Crippen LogP contribution in [-0.2, 0) is 11.3 Å². The van der Waals surface area contributed by atoms with Crippen molar-refractivity contribution in [1.29, 1.82) is 0 Å². The minimum Gasteiger partial charge on any atom is -0.491 e. The number of rotatable bonds is 8. The topological polar surface area (TPSA) is 18.5 Å². The van der Waals surface area contributed by atoms with E-state index in [4.69, 9.17) is 9.47 Å². The summed E-state index contributed by atoms with van der Waals surface area (Å²) in [6.07, 6.45) is 8.09. The quantitative estimate of drug-likeness (QED) is 0.273. The van der Waals surface area contributed by atoms with Gasteiger partial charge in [0.25, 0.3) is 0 Å². The van der Waals surface area contributed by atoms with Gasteiger partial charge in [0, 0.05) is 5.56 Å². The van der Waals surface area contributed by atoms with Crippen molar-refractivity contribution >= 4 is 0 Å². The molecule has 4 rings (SSSR count). The SMILES string of the molecule is C=CC1CCC(c2ccc(C3CCC(OCc4ccc(OCC)c(F)c4F)CC3)c(F)c2F)CC1. The second-order valence-corrected chi connectivity index (χ2v) is 9.79. The van der Waals surface area contributed by atoms with Gasteiger partial charge in [0.1, 0.15) is 0 Å². The minimum absolute atomic E-state index is 0.0454. The maximum Gasteiger partial charge on any atom is 0.200 e. The molecule has 35 heavy (non-hydrogen) atoms. The molecule has 0 N–H and O–H groups in total. The van der Waals surface area contributed by atoms with E-state index >= 15 is 8.78 Å². The fourth-order valence-electron chi connectivity index (χ4n) is 5.57. The molecule has 0 heterocycles. The Bertz CT molecular complexity index is 1020. The highest BCUT2D eigenvalue weighted by molar-refractivity contribution is 5.32. The van der Waals surface area contributed by atoms with E-state index in [1.807, 2.05) is 6.08 Å². The summed E-state index contributed by atoms with van der Waals surface area (Å²) in [5, 5.41) is 0. The lowest BCUT2D eigenvalue weighted by Gasteiger charge is -2.30. The summed E-state index contributed by atoms with van der Waals surface area (Å²) >= 11 is 0. The normalized spacial score (nSPS) is 24.8. The zero-order valence-corrected chi connectivity index (χ0v) is 20.3. The number of ether oxygens (including phenoxy) is 2. The molecule has 0 radical (unpaired) electrons. The molecule has 2 nitrogen and oxygen atoms in total. The predicted octanol–water partition coefficient (Wildman–Crippen LogP) is 8.34. The van der Waals surface area contributed by atoms with Crippen LogP contribution in [0, 0.1) is 29.2 Å². The Labute approximate surface area is 205 Å². The van der Waals surface area contributed by atoms with Gasteiger partial charge in [-0.05, 0) is 99.3 Å². The summed E-state index contributed by atoms with van der Waals surface area (Å²) < 4.78 is 69.4. The Kier molecular flexibility index (Phi) is 8.53. The molecule has 6 heteroatoms. The summed E-state index contributed by atoms with van der Waals surface area (Å²) in [5.74, 6) is -3.03. The highest BCUT2D eigenvalue weighted by Crippen LogP contribution is 2.41. The molecule has 0 bridgehead atoms. The summed E-state index contributed by atoms with van der Waals surface area (Å²) in [6.45, 7) is 5.75. The molecule has 2 aliphatic rings. The van der Waals surface area contributed by atoms with Crippen molar-refractivity contribution in [2.24, 2.45) is 5.92 Å². The van der Waals surface area contributed by atoms with Gasteiger partial charge in [0.15, 0.2) is 23.2 Å². The van der Waals surface area contributed by atoms with E-state index < -0.39 is 23.3 Å². The van der Waals surface area contributed by atoms with E-state index in [0.717, 1.165) is 25.7 Å². The Morgan fingerprint density at radius 3 is 1.89 bits per heavy atom. The average molecular weight is 491 g/mol. The van der Waals surface area contributed by atoms with Gasteiger partial charge in [-0.2, -0.15) is 4.39 Å². The molecule has 2 fully saturated rings. The van der Waals surface area contributed by atoms with E-state index in [1.165, 1.54) is 12.1 Å². The second kappa shape index (κ2) is 11.6. The Morgan fingerprint density at radius 2 is 1.34 bits per heavy atom. The van der Waals surface area contributed by atoms with Crippen molar-refractivity contribution in [2.75, 3.05) is 6.61 Å². The largest absolute Gasteiger partial charge is 0.491 e. The van der Waals surface area contributed by atoms with E-state index in [-0.39, 0.29) is 42.5 Å². The molecule has 2 aromatic carbocycles. The summed E-state index contributed by atoms with van der Waals surface area (Å²) in [6, 6.07) is 6.41. The molecule has 2 aromatic rings. The molecule has 0 aromatic heterocycles. The number of benzene rings is 2. The predicted molar refractivity (Wildman–Crippen MR) is 129 cm³/mol. The van der Waals surface area contributed by atoms with Crippen LogP contribution in [0.5, 0.6) is 5.75 Å². The molecule has 0 spiro atoms. The van der Waals surface area contributed by atoms with Crippen molar-refractivity contribution in [3.05, 3.63) is 76.9 Å². The third kappa shape index (κ3) is 5.74. The average Bonchev–Trinajstić information content (AvgIpc) is 2.88. The Balaban J connectivity index is 1.33. The number of hydrogen-bond donors (Lipinski definition) is 0. The molecule has 0 unspecified atom stereocenters. The van der Waals surface area contributed by atoms with Gasteiger partial charge in [-0.15, -0.1) is 6.58 Å². The van der Waals surface area contributed by atoms with Gasteiger partial charge in [-0.25, -0.2) is 13.2 Å². The third-order valence-electron chi connectivity index (χ3n) is 7.70. The molecular weight excluding hydrogens is 456 g/mol. The number of hydrogen-bond acceptors (Lipinski definition) is 2. The van der Waals surface area contributed by atoms with Gasteiger partial charge >= 0.3 is 0 Å². The van der Waals surface area contributed by atoms with Crippen LogP contribution < -0.4 is 4.74 Å². The van der Waals surface area contributed by atoms with Crippen molar-refractivity contribution < 1.29 is 27.0 Å². The molecule has 190 valence electrons. The summed E-state index contributed by atoms with van der Waals surface area (Å²) in [5.41, 5.74) is 1.07. The summed E-state index contributed by atoms with van der Waals surface area (Å²) in [7, 11) is 0. The number of halogens is 4. The molecule has 2 aliphatic carbocycles. The van der Waals surface area contributed by atoms with Crippen molar-refractivity contribution in [3.8, 4) is 5.75 Å². The van der Waals surface area contributed by atoms with Gasteiger partial charge in [-0.1, -0.05) is 18.2 Å². The zero-order valence-electron chi connectivity index (χ0n) is 20.3. The maximum atomic E-state index is 15.1. The lowest BCUT2D eigenvalue weighted by Crippen LogP contribution is -2.22. The third-order valence-corrected chi connectivity index (χ3v) is 7.70. The van der Waals surface area contributed by atoms with Crippen LogP contribution in [0.2, 0.25) is 0 Å². The fraction of sp³-hybridized carbons (Fsp3) is 0.517. The lowest BCUT2D eigenvalue weighted by molar-refractivity contribution is 0.0116. The molecule has 0 saturated heterocycles. The van der Waals surface area contributed by atoms with Crippen LogP contribution in [0.3, 0.4) is 0 Å². The smallest absolute Gasteiger partial charge is 0.200 e. The van der Waals surface area contributed by atoms with Crippen LogP contribution in [-0.4, -0.2) is 12.7 Å². The first-order valence-electron chi connectivity index (χ1n) is 12.7. The van der Waals surface area contributed by atoms with E-state index in [1.54, 1.807) is 19.1 Å². The van der Waals surface area contributed by atoms with E-state index in [0.29, 0.717) is 42.7 Å². The number of allylic oxidation sites excluding steroid dienone is 1. The standard InChI is InChI=1S/C29H34F4O2/c1-3-18-5-7-19(8-6-18)23-14-15-24(28(32)27(23)31)20-9-12-22(13-10-20)35-17-21-11-16-25(34-4-2)29(33)26(21)30/h3,11,14-16,18-20,22H,1,4-10,12-13,17H2,2H3. The van der Waals surface area contributed by atoms with Gasteiger partial charge in [0.2, 0.25) is 5.82 Å². The molecule has 2 saturated carbocycles. The minimum atomic E-state index is -1.01. The van der Waals surface area contributed by atoms with Gasteiger partial charge in [0.05, 0.1) is 19.3 Å². The van der Waals surface area contributed by atoms with E-state index in [2.05, 4.69) is 6.58 Å².